The van der Waals surface area contributed by atoms with Crippen molar-refractivity contribution in [1.82, 2.24) is 9.97 Å². The largest absolute Gasteiger partial charge is 0.319 e. The van der Waals surface area contributed by atoms with E-state index in [1.807, 2.05) is 24.3 Å². The first-order chi connectivity index (χ1) is 7.29. The monoisotopic (exact) mass is 219 g/mol. The molecule has 76 valence electrons. The molecule has 1 heterocycles. The van der Waals surface area contributed by atoms with Crippen molar-refractivity contribution in [3.8, 4) is 0 Å². The van der Waals surface area contributed by atoms with Gasteiger partial charge in [0.1, 0.15) is 6.33 Å². The van der Waals surface area contributed by atoms with Crippen molar-refractivity contribution >= 4 is 11.6 Å². The van der Waals surface area contributed by atoms with Gasteiger partial charge < -0.3 is 5.73 Å². The molecule has 0 radical (unpaired) electrons. The first-order valence-corrected chi connectivity index (χ1v) is 4.93. The van der Waals surface area contributed by atoms with Crippen molar-refractivity contribution in [2.75, 3.05) is 0 Å². The Hall–Kier alpha value is -1.45. The number of aromatic nitrogens is 2. The van der Waals surface area contributed by atoms with Crippen LogP contribution in [0.25, 0.3) is 0 Å². The third-order valence-electron chi connectivity index (χ3n) is 2.16. The summed E-state index contributed by atoms with van der Waals surface area (Å²) in [5.41, 5.74) is 7.68. The van der Waals surface area contributed by atoms with E-state index in [4.69, 9.17) is 17.3 Å². The van der Waals surface area contributed by atoms with Crippen LogP contribution in [0.2, 0.25) is 5.02 Å². The molecule has 2 N–H and O–H groups in total. The van der Waals surface area contributed by atoms with E-state index in [1.165, 1.54) is 6.33 Å². The van der Waals surface area contributed by atoms with Gasteiger partial charge in [0.2, 0.25) is 0 Å². The number of hydrogen-bond acceptors (Lipinski definition) is 3. The Labute approximate surface area is 92.9 Å². The summed E-state index contributed by atoms with van der Waals surface area (Å²) in [4.78, 5) is 7.95. The van der Waals surface area contributed by atoms with Gasteiger partial charge in [0.15, 0.2) is 0 Å². The highest BCUT2D eigenvalue weighted by molar-refractivity contribution is 6.31. The molecule has 3 nitrogen and oxygen atoms in total. The molecule has 2 rings (SSSR count). The molecule has 0 aliphatic heterocycles. The van der Waals surface area contributed by atoms with E-state index in [9.17, 15) is 0 Å². The van der Waals surface area contributed by atoms with Gasteiger partial charge in [-0.15, -0.1) is 0 Å². The van der Waals surface area contributed by atoms with Gasteiger partial charge in [0.05, 0.1) is 11.7 Å². The molecule has 15 heavy (non-hydrogen) atoms. The zero-order chi connectivity index (χ0) is 10.7. The highest BCUT2D eigenvalue weighted by Crippen LogP contribution is 2.24. The maximum atomic E-state index is 6.05. The van der Waals surface area contributed by atoms with Crippen molar-refractivity contribution in [2.45, 2.75) is 6.04 Å². The summed E-state index contributed by atoms with van der Waals surface area (Å²) in [6, 6.07) is 8.98. The summed E-state index contributed by atoms with van der Waals surface area (Å²) in [5.74, 6) is 0. The molecular weight excluding hydrogens is 210 g/mol. The molecule has 1 atom stereocenters. The summed E-state index contributed by atoms with van der Waals surface area (Å²) in [5, 5.41) is 0.656. The van der Waals surface area contributed by atoms with Crippen molar-refractivity contribution < 1.29 is 0 Å². The third kappa shape index (κ3) is 2.14. The second-order valence-corrected chi connectivity index (χ2v) is 3.54. The lowest BCUT2D eigenvalue weighted by Crippen LogP contribution is -2.13. The summed E-state index contributed by atoms with van der Waals surface area (Å²) in [7, 11) is 0. The SMILES string of the molecule is NC(c1ccncn1)c1ccccc1Cl. The smallest absolute Gasteiger partial charge is 0.115 e. The second-order valence-electron chi connectivity index (χ2n) is 3.13. The molecule has 0 aliphatic carbocycles. The maximum absolute atomic E-state index is 6.05. The molecule has 0 fully saturated rings. The zero-order valence-electron chi connectivity index (χ0n) is 7.97. The van der Waals surface area contributed by atoms with Crippen LogP contribution in [0.15, 0.2) is 42.9 Å². The molecule has 1 unspecified atom stereocenters. The van der Waals surface area contributed by atoms with Crippen LogP contribution in [-0.4, -0.2) is 9.97 Å². The van der Waals surface area contributed by atoms with Crippen molar-refractivity contribution in [2.24, 2.45) is 5.73 Å². The molecule has 0 saturated carbocycles. The van der Waals surface area contributed by atoms with E-state index in [2.05, 4.69) is 9.97 Å². The van der Waals surface area contributed by atoms with E-state index in [0.29, 0.717) is 5.02 Å². The molecule has 0 bridgehead atoms. The van der Waals surface area contributed by atoms with Gasteiger partial charge in [-0.25, -0.2) is 9.97 Å². The third-order valence-corrected chi connectivity index (χ3v) is 2.51. The molecule has 0 aliphatic rings. The Morgan fingerprint density at radius 2 is 2.00 bits per heavy atom. The lowest BCUT2D eigenvalue weighted by molar-refractivity contribution is 0.820. The number of benzene rings is 1. The number of halogens is 1. The summed E-state index contributed by atoms with van der Waals surface area (Å²) in [6.07, 6.45) is 3.14. The number of hydrogen-bond donors (Lipinski definition) is 1. The molecule has 0 saturated heterocycles. The quantitative estimate of drug-likeness (QED) is 0.842. The summed E-state index contributed by atoms with van der Waals surface area (Å²) < 4.78 is 0. The molecule has 4 heteroatoms. The van der Waals surface area contributed by atoms with Crippen LogP contribution < -0.4 is 5.73 Å². The zero-order valence-corrected chi connectivity index (χ0v) is 8.72. The second kappa shape index (κ2) is 4.38. The molecule has 2 aromatic rings. The fraction of sp³-hybridized carbons (Fsp3) is 0.0909. The van der Waals surface area contributed by atoms with Gasteiger partial charge in [-0.05, 0) is 17.7 Å². The van der Waals surface area contributed by atoms with Crippen LogP contribution in [0.4, 0.5) is 0 Å². The summed E-state index contributed by atoms with van der Waals surface area (Å²) in [6.45, 7) is 0. The van der Waals surface area contributed by atoms with E-state index < -0.39 is 0 Å². The van der Waals surface area contributed by atoms with Crippen LogP contribution in [0, 0.1) is 0 Å². The Morgan fingerprint density at radius 3 is 2.67 bits per heavy atom. The minimum Gasteiger partial charge on any atom is -0.319 e. The predicted octanol–water partition coefficient (Wildman–Crippen LogP) is 2.18. The van der Waals surface area contributed by atoms with Gasteiger partial charge in [0.25, 0.3) is 0 Å². The average Bonchev–Trinajstić information content (AvgIpc) is 2.30. The topological polar surface area (TPSA) is 51.8 Å². The van der Waals surface area contributed by atoms with Crippen LogP contribution in [-0.2, 0) is 0 Å². The summed E-state index contributed by atoms with van der Waals surface area (Å²) >= 11 is 6.05. The van der Waals surface area contributed by atoms with Crippen LogP contribution >= 0.6 is 11.6 Å². The average molecular weight is 220 g/mol. The van der Waals surface area contributed by atoms with Crippen LogP contribution in [0.5, 0.6) is 0 Å². The first-order valence-electron chi connectivity index (χ1n) is 4.55. The van der Waals surface area contributed by atoms with Gasteiger partial charge in [-0.3, -0.25) is 0 Å². The van der Waals surface area contributed by atoms with Gasteiger partial charge in [0, 0.05) is 11.2 Å². The Balaban J connectivity index is 2.37. The van der Waals surface area contributed by atoms with E-state index in [-0.39, 0.29) is 6.04 Å². The lowest BCUT2D eigenvalue weighted by atomic mass is 10.0. The van der Waals surface area contributed by atoms with E-state index in [0.717, 1.165) is 11.3 Å². The van der Waals surface area contributed by atoms with Gasteiger partial charge in [-0.2, -0.15) is 0 Å². The number of nitrogens with zero attached hydrogens (tertiary/aromatic N) is 2. The first kappa shape index (κ1) is 10.1. The Kier molecular flexibility index (Phi) is 2.94. The normalized spacial score (nSPS) is 12.4. The molecule has 1 aromatic heterocycles. The van der Waals surface area contributed by atoms with Crippen molar-refractivity contribution in [3.63, 3.8) is 0 Å². The highest BCUT2D eigenvalue weighted by Gasteiger charge is 2.12. The van der Waals surface area contributed by atoms with E-state index in [1.54, 1.807) is 12.3 Å². The van der Waals surface area contributed by atoms with Crippen molar-refractivity contribution in [1.29, 1.82) is 0 Å². The fourth-order valence-electron chi connectivity index (χ4n) is 1.37. The molecular formula is C11H10ClN3. The van der Waals surface area contributed by atoms with Crippen molar-refractivity contribution in [3.05, 3.63) is 59.1 Å². The Morgan fingerprint density at radius 1 is 1.20 bits per heavy atom. The lowest BCUT2D eigenvalue weighted by Gasteiger charge is -2.12. The fourth-order valence-corrected chi connectivity index (χ4v) is 1.62. The minimum atomic E-state index is -0.304. The van der Waals surface area contributed by atoms with Gasteiger partial charge in [-0.1, -0.05) is 29.8 Å². The predicted molar refractivity (Wildman–Crippen MR) is 59.5 cm³/mol. The molecule has 0 spiro atoms. The van der Waals surface area contributed by atoms with Crippen LogP contribution in [0.1, 0.15) is 17.3 Å². The number of nitrogens with two attached hydrogens (primary N) is 1. The Bertz CT molecular complexity index is 445. The van der Waals surface area contributed by atoms with E-state index >= 15 is 0 Å². The highest BCUT2D eigenvalue weighted by atomic mass is 35.5. The standard InChI is InChI=1S/C11H10ClN3/c12-9-4-2-1-3-8(9)11(13)10-5-6-14-7-15-10/h1-7,11H,13H2. The van der Waals surface area contributed by atoms with Gasteiger partial charge >= 0.3 is 0 Å². The molecule has 1 aromatic carbocycles. The number of rotatable bonds is 2. The minimum absolute atomic E-state index is 0.304. The van der Waals surface area contributed by atoms with Crippen LogP contribution in [0.3, 0.4) is 0 Å². The maximum Gasteiger partial charge on any atom is 0.115 e. The molecule has 0 amide bonds.